The Kier molecular flexibility index (Phi) is 5.16. The maximum Gasteiger partial charge on any atom is 0.264 e. The van der Waals surface area contributed by atoms with Crippen molar-refractivity contribution >= 4 is 23.2 Å². The van der Waals surface area contributed by atoms with E-state index in [9.17, 15) is 4.79 Å². The van der Waals surface area contributed by atoms with Gasteiger partial charge in [-0.2, -0.15) is 0 Å². The fourth-order valence-corrected chi connectivity index (χ4v) is 3.92. The van der Waals surface area contributed by atoms with Crippen LogP contribution in [0.3, 0.4) is 0 Å². The highest BCUT2D eigenvalue weighted by atomic mass is 35.5. The van der Waals surface area contributed by atoms with Crippen LogP contribution in [-0.2, 0) is 4.79 Å². The molecule has 0 spiro atoms. The van der Waals surface area contributed by atoms with E-state index in [1.807, 2.05) is 42.5 Å². The van der Waals surface area contributed by atoms with Crippen LogP contribution in [0.4, 0.5) is 5.69 Å². The summed E-state index contributed by atoms with van der Waals surface area (Å²) in [5.41, 5.74) is 7.70. The van der Waals surface area contributed by atoms with Gasteiger partial charge < -0.3 is 9.64 Å². The molecule has 0 saturated carbocycles. The smallest absolute Gasteiger partial charge is 0.264 e. The third kappa shape index (κ3) is 3.85. The summed E-state index contributed by atoms with van der Waals surface area (Å²) in [6, 6.07) is 26.1. The average Bonchev–Trinajstić information content (AvgIpc) is 2.82. The molecule has 0 N–H and O–H groups in total. The summed E-state index contributed by atoms with van der Waals surface area (Å²) < 4.78 is 5.58. The first-order chi connectivity index (χ1) is 15.5. The van der Waals surface area contributed by atoms with Crippen molar-refractivity contribution in [2.75, 3.05) is 18.6 Å². The Balaban J connectivity index is 1.67. The molecule has 5 heteroatoms. The second-order valence-corrected chi connectivity index (χ2v) is 8.36. The number of amides is 1. The fraction of sp³-hybridized carbons (Fsp3) is 0.111. The average molecular weight is 441 g/mol. The third-order valence-electron chi connectivity index (χ3n) is 5.69. The number of carbonyl (C=O) groups excluding carboxylic acids is 1. The minimum absolute atomic E-state index is 0.0602. The largest absolute Gasteiger partial charge is 0.482 e. The van der Waals surface area contributed by atoms with Crippen LogP contribution in [0.2, 0.25) is 5.02 Å². The number of likely N-dealkylation sites (N-methyl/N-ethyl adjacent to an activating group) is 1. The van der Waals surface area contributed by atoms with E-state index < -0.39 is 0 Å². The molecule has 2 heterocycles. The van der Waals surface area contributed by atoms with Gasteiger partial charge in [0.15, 0.2) is 6.61 Å². The Bertz CT molecular complexity index is 1250. The summed E-state index contributed by atoms with van der Waals surface area (Å²) in [6.07, 6.45) is 0. The van der Waals surface area contributed by atoms with Crippen molar-refractivity contribution in [3.05, 3.63) is 89.4 Å². The maximum absolute atomic E-state index is 12.1. The second-order valence-electron chi connectivity index (χ2n) is 7.92. The lowest BCUT2D eigenvalue weighted by Crippen LogP contribution is -2.35. The molecule has 0 fully saturated rings. The number of benzene rings is 3. The van der Waals surface area contributed by atoms with Crippen molar-refractivity contribution < 1.29 is 9.53 Å². The Morgan fingerprint density at radius 3 is 2.16 bits per heavy atom. The Hall–Kier alpha value is -3.63. The summed E-state index contributed by atoms with van der Waals surface area (Å²) in [4.78, 5) is 18.7. The molecule has 32 heavy (non-hydrogen) atoms. The van der Waals surface area contributed by atoms with Gasteiger partial charge >= 0.3 is 0 Å². The first-order valence-electron chi connectivity index (χ1n) is 10.4. The lowest BCUT2D eigenvalue weighted by Gasteiger charge is -2.26. The number of hydrogen-bond donors (Lipinski definition) is 0. The van der Waals surface area contributed by atoms with Crippen LogP contribution >= 0.6 is 11.6 Å². The van der Waals surface area contributed by atoms with E-state index in [-0.39, 0.29) is 12.5 Å². The molecule has 0 saturated heterocycles. The zero-order valence-electron chi connectivity index (χ0n) is 17.8. The second kappa shape index (κ2) is 8.13. The van der Waals surface area contributed by atoms with E-state index in [0.29, 0.717) is 10.8 Å². The van der Waals surface area contributed by atoms with Crippen molar-refractivity contribution in [2.24, 2.45) is 0 Å². The van der Waals surface area contributed by atoms with Gasteiger partial charge in [0.05, 0.1) is 17.1 Å². The summed E-state index contributed by atoms with van der Waals surface area (Å²) >= 11 is 6.10. The van der Waals surface area contributed by atoms with Crippen LogP contribution in [0.25, 0.3) is 33.6 Å². The molecule has 5 rings (SSSR count). The van der Waals surface area contributed by atoms with Gasteiger partial charge in [0.2, 0.25) is 0 Å². The summed E-state index contributed by atoms with van der Waals surface area (Å²) in [5, 5.41) is 0.698. The molecule has 0 atom stereocenters. The van der Waals surface area contributed by atoms with Crippen LogP contribution in [0.15, 0.2) is 78.9 Å². The van der Waals surface area contributed by atoms with Crippen molar-refractivity contribution in [3.63, 3.8) is 0 Å². The molecular formula is C27H21ClN2O2. The van der Waals surface area contributed by atoms with Crippen molar-refractivity contribution in [3.8, 4) is 39.4 Å². The van der Waals surface area contributed by atoms with Gasteiger partial charge in [0.25, 0.3) is 5.91 Å². The predicted octanol–water partition coefficient (Wildman–Crippen LogP) is 6.40. The van der Waals surface area contributed by atoms with Crippen LogP contribution in [0, 0.1) is 6.92 Å². The minimum Gasteiger partial charge on any atom is -0.482 e. The van der Waals surface area contributed by atoms with Crippen molar-refractivity contribution in [1.29, 1.82) is 0 Å². The minimum atomic E-state index is -0.0714. The monoisotopic (exact) mass is 440 g/mol. The number of hydrogen-bond acceptors (Lipinski definition) is 3. The van der Waals surface area contributed by atoms with E-state index >= 15 is 0 Å². The molecule has 0 bridgehead atoms. The number of aryl methyl sites for hydroxylation is 1. The lowest BCUT2D eigenvalue weighted by molar-refractivity contribution is -0.120. The number of ether oxygens (including phenoxy) is 1. The summed E-state index contributed by atoms with van der Waals surface area (Å²) in [6.45, 7) is 2.13. The fourth-order valence-electron chi connectivity index (χ4n) is 3.79. The molecule has 0 unspecified atom stereocenters. The SMILES string of the molecule is Cc1ccc(-c2cc(-c3ccc(Cl)cc3)cc(-c3ccc4c(c3)N(C)C(=O)CO4)n2)cc1. The number of nitrogens with zero attached hydrogens (tertiary/aromatic N) is 2. The first kappa shape index (κ1) is 20.3. The number of rotatable bonds is 3. The molecule has 1 aromatic heterocycles. The van der Waals surface area contributed by atoms with Gasteiger partial charge in [-0.3, -0.25) is 4.79 Å². The van der Waals surface area contributed by atoms with E-state index in [1.165, 1.54) is 5.56 Å². The van der Waals surface area contributed by atoms with Crippen LogP contribution in [0.1, 0.15) is 5.56 Å². The van der Waals surface area contributed by atoms with Gasteiger partial charge in [0.1, 0.15) is 5.75 Å². The number of fused-ring (bicyclic) bond motifs is 1. The molecule has 158 valence electrons. The topological polar surface area (TPSA) is 42.4 Å². The highest BCUT2D eigenvalue weighted by Crippen LogP contribution is 2.37. The van der Waals surface area contributed by atoms with Gasteiger partial charge in [-0.15, -0.1) is 0 Å². The molecule has 0 aliphatic carbocycles. The van der Waals surface area contributed by atoms with E-state index in [1.54, 1.807) is 11.9 Å². The molecule has 3 aromatic carbocycles. The van der Waals surface area contributed by atoms with Crippen molar-refractivity contribution in [2.45, 2.75) is 6.92 Å². The standard InChI is InChI=1S/C27H21ClN2O2/c1-17-3-5-19(6-4-17)23-13-21(18-7-10-22(28)11-8-18)14-24(29-23)20-9-12-26-25(15-20)30(2)27(31)16-32-26/h3-15H,16H2,1-2H3. The van der Waals surface area contributed by atoms with E-state index in [2.05, 4.69) is 43.3 Å². The quantitative estimate of drug-likeness (QED) is 0.370. The number of carbonyl (C=O) groups is 1. The normalized spacial score (nSPS) is 13.0. The zero-order chi connectivity index (χ0) is 22.2. The Morgan fingerprint density at radius 2 is 1.44 bits per heavy atom. The summed E-state index contributed by atoms with van der Waals surface area (Å²) in [5.74, 6) is 0.626. The van der Waals surface area contributed by atoms with Crippen molar-refractivity contribution in [1.82, 2.24) is 4.98 Å². The Morgan fingerprint density at radius 1 is 0.812 bits per heavy atom. The van der Waals surface area contributed by atoms with Crippen LogP contribution in [-0.4, -0.2) is 24.5 Å². The molecule has 0 radical (unpaired) electrons. The van der Waals surface area contributed by atoms with Gasteiger partial charge in [-0.05, 0) is 60.5 Å². The van der Waals surface area contributed by atoms with E-state index in [0.717, 1.165) is 39.3 Å². The molecule has 4 aromatic rings. The maximum atomic E-state index is 12.1. The number of anilines is 1. The zero-order valence-corrected chi connectivity index (χ0v) is 18.6. The first-order valence-corrected chi connectivity index (χ1v) is 10.7. The van der Waals surface area contributed by atoms with E-state index in [4.69, 9.17) is 21.3 Å². The molecule has 1 aliphatic heterocycles. The third-order valence-corrected chi connectivity index (χ3v) is 5.94. The highest BCUT2D eigenvalue weighted by Gasteiger charge is 2.23. The lowest BCUT2D eigenvalue weighted by atomic mass is 9.99. The van der Waals surface area contributed by atoms with Gasteiger partial charge in [-0.1, -0.05) is 53.6 Å². The highest BCUT2D eigenvalue weighted by molar-refractivity contribution is 6.30. The van der Waals surface area contributed by atoms with Gasteiger partial charge in [-0.25, -0.2) is 4.98 Å². The summed E-state index contributed by atoms with van der Waals surface area (Å²) in [7, 11) is 1.77. The molecule has 4 nitrogen and oxygen atoms in total. The number of aromatic nitrogens is 1. The van der Waals surface area contributed by atoms with Crippen LogP contribution < -0.4 is 9.64 Å². The number of pyridine rings is 1. The van der Waals surface area contributed by atoms with Crippen LogP contribution in [0.5, 0.6) is 5.75 Å². The molecule has 1 aliphatic rings. The number of halogens is 1. The molecular weight excluding hydrogens is 420 g/mol. The molecule has 1 amide bonds. The predicted molar refractivity (Wildman–Crippen MR) is 129 cm³/mol. The Labute approximate surface area is 192 Å². The van der Waals surface area contributed by atoms with Gasteiger partial charge in [0, 0.05) is 23.2 Å².